The normalized spacial score (nSPS) is 17.5. The zero-order chi connectivity index (χ0) is 11.5. The number of nitrogen functional groups attached to an aromatic ring is 1. The Morgan fingerprint density at radius 2 is 1.94 bits per heavy atom. The third-order valence-corrected chi connectivity index (χ3v) is 2.70. The van der Waals surface area contributed by atoms with Crippen LogP contribution in [0.15, 0.2) is 12.1 Å². The third kappa shape index (κ3) is 2.37. The Labute approximate surface area is 94.1 Å². The summed E-state index contributed by atoms with van der Waals surface area (Å²) in [7, 11) is 0. The van der Waals surface area contributed by atoms with Gasteiger partial charge in [0.05, 0.1) is 18.9 Å². The van der Waals surface area contributed by atoms with E-state index >= 15 is 0 Å². The van der Waals surface area contributed by atoms with Crippen LogP contribution < -0.4 is 5.73 Å². The summed E-state index contributed by atoms with van der Waals surface area (Å²) >= 11 is 0. The van der Waals surface area contributed by atoms with E-state index in [0.29, 0.717) is 25.3 Å². The van der Waals surface area contributed by atoms with Gasteiger partial charge in [-0.3, -0.25) is 4.90 Å². The Hall–Kier alpha value is -1.46. The summed E-state index contributed by atoms with van der Waals surface area (Å²) in [5, 5.41) is 19.2. The van der Waals surface area contributed by atoms with E-state index in [1.165, 1.54) is 6.07 Å². The van der Waals surface area contributed by atoms with Crippen molar-refractivity contribution in [3.8, 4) is 11.5 Å². The van der Waals surface area contributed by atoms with Crippen molar-refractivity contribution >= 4 is 5.69 Å². The van der Waals surface area contributed by atoms with Gasteiger partial charge in [0.25, 0.3) is 0 Å². The van der Waals surface area contributed by atoms with E-state index in [1.807, 2.05) is 0 Å². The number of nitrogens with zero attached hydrogens (tertiary/aromatic N) is 1. The van der Waals surface area contributed by atoms with Gasteiger partial charge in [-0.1, -0.05) is 0 Å². The minimum absolute atomic E-state index is 0.0595. The fraction of sp³-hybridized carbons (Fsp3) is 0.455. The fourth-order valence-electron chi connectivity index (χ4n) is 1.82. The summed E-state index contributed by atoms with van der Waals surface area (Å²) in [6.45, 7) is 3.64. The van der Waals surface area contributed by atoms with Crippen molar-refractivity contribution in [1.82, 2.24) is 4.90 Å². The second-order valence-corrected chi connectivity index (χ2v) is 3.93. The molecule has 0 aromatic heterocycles. The maximum Gasteiger partial charge on any atom is 0.143 e. The van der Waals surface area contributed by atoms with Crippen molar-refractivity contribution in [3.63, 3.8) is 0 Å². The third-order valence-electron chi connectivity index (χ3n) is 2.70. The largest absolute Gasteiger partial charge is 0.508 e. The molecule has 5 nitrogen and oxygen atoms in total. The predicted molar refractivity (Wildman–Crippen MR) is 60.3 cm³/mol. The maximum atomic E-state index is 9.76. The van der Waals surface area contributed by atoms with E-state index in [9.17, 15) is 10.2 Å². The van der Waals surface area contributed by atoms with Crippen LogP contribution in [0.4, 0.5) is 5.69 Å². The first kappa shape index (κ1) is 11.0. The highest BCUT2D eigenvalue weighted by molar-refractivity contribution is 5.59. The number of anilines is 1. The molecule has 1 aromatic rings. The highest BCUT2D eigenvalue weighted by Crippen LogP contribution is 2.30. The molecule has 5 heteroatoms. The van der Waals surface area contributed by atoms with Gasteiger partial charge < -0.3 is 20.7 Å². The minimum atomic E-state index is 0.0595. The van der Waals surface area contributed by atoms with E-state index < -0.39 is 0 Å². The molecule has 0 spiro atoms. The molecule has 0 atom stereocenters. The van der Waals surface area contributed by atoms with Crippen LogP contribution in [-0.2, 0) is 11.3 Å². The van der Waals surface area contributed by atoms with E-state index in [0.717, 1.165) is 13.1 Å². The molecule has 1 aliphatic heterocycles. The molecule has 2 rings (SSSR count). The summed E-state index contributed by atoms with van der Waals surface area (Å²) < 4.78 is 5.24. The molecule has 0 amide bonds. The number of benzene rings is 1. The summed E-state index contributed by atoms with van der Waals surface area (Å²) in [5.74, 6) is 0.142. The fourth-order valence-corrected chi connectivity index (χ4v) is 1.82. The average Bonchev–Trinajstić information content (AvgIpc) is 2.27. The first-order valence-corrected chi connectivity index (χ1v) is 5.27. The quantitative estimate of drug-likeness (QED) is 0.387. The molecule has 1 aromatic carbocycles. The summed E-state index contributed by atoms with van der Waals surface area (Å²) in [5.41, 5.74) is 6.44. The Kier molecular flexibility index (Phi) is 3.17. The number of rotatable bonds is 2. The van der Waals surface area contributed by atoms with Crippen LogP contribution in [0.1, 0.15) is 5.56 Å². The van der Waals surface area contributed by atoms with Gasteiger partial charge in [0.2, 0.25) is 0 Å². The number of hydrogen-bond acceptors (Lipinski definition) is 5. The van der Waals surface area contributed by atoms with Gasteiger partial charge in [0, 0.05) is 31.3 Å². The Balaban J connectivity index is 2.13. The molecule has 4 N–H and O–H groups in total. The number of hydrogen-bond donors (Lipinski definition) is 3. The number of nitrogens with two attached hydrogens (primary N) is 1. The van der Waals surface area contributed by atoms with Crippen LogP contribution in [0, 0.1) is 0 Å². The number of phenolic OH excluding ortho intramolecular Hbond substituents is 2. The van der Waals surface area contributed by atoms with Gasteiger partial charge in [0.1, 0.15) is 11.5 Å². The lowest BCUT2D eigenvalue weighted by Gasteiger charge is -2.27. The summed E-state index contributed by atoms with van der Waals surface area (Å²) in [6.07, 6.45) is 0. The number of aromatic hydroxyl groups is 2. The molecule has 0 radical (unpaired) electrons. The van der Waals surface area contributed by atoms with Crippen molar-refractivity contribution in [2.24, 2.45) is 0 Å². The Morgan fingerprint density at radius 3 is 2.62 bits per heavy atom. The van der Waals surface area contributed by atoms with Crippen molar-refractivity contribution in [2.75, 3.05) is 32.0 Å². The predicted octanol–water partition coefficient (Wildman–Crippen LogP) is 0.512. The van der Waals surface area contributed by atoms with Crippen molar-refractivity contribution in [3.05, 3.63) is 17.7 Å². The molecule has 0 aliphatic carbocycles. The molecule has 0 saturated carbocycles. The van der Waals surface area contributed by atoms with Gasteiger partial charge in [-0.25, -0.2) is 0 Å². The first-order chi connectivity index (χ1) is 7.66. The number of ether oxygens (including phenoxy) is 1. The van der Waals surface area contributed by atoms with Crippen LogP contribution >= 0.6 is 0 Å². The minimum Gasteiger partial charge on any atom is -0.508 e. The lowest BCUT2D eigenvalue weighted by Crippen LogP contribution is -2.35. The van der Waals surface area contributed by atoms with Gasteiger partial charge in [0.15, 0.2) is 0 Å². The van der Waals surface area contributed by atoms with Crippen LogP contribution in [0.3, 0.4) is 0 Å². The van der Waals surface area contributed by atoms with Gasteiger partial charge in [-0.15, -0.1) is 0 Å². The molecule has 16 heavy (non-hydrogen) atoms. The maximum absolute atomic E-state index is 9.76. The second-order valence-electron chi connectivity index (χ2n) is 3.93. The van der Waals surface area contributed by atoms with E-state index in [2.05, 4.69) is 4.90 Å². The molecular weight excluding hydrogens is 208 g/mol. The van der Waals surface area contributed by atoms with Crippen LogP contribution in [0.25, 0.3) is 0 Å². The van der Waals surface area contributed by atoms with Crippen molar-refractivity contribution in [2.45, 2.75) is 6.54 Å². The average molecular weight is 224 g/mol. The lowest BCUT2D eigenvalue weighted by atomic mass is 10.1. The van der Waals surface area contributed by atoms with Crippen molar-refractivity contribution < 1.29 is 14.9 Å². The molecule has 0 bridgehead atoms. The SMILES string of the molecule is Nc1cc(O)cc(CN2CCOCC2)c1O. The highest BCUT2D eigenvalue weighted by atomic mass is 16.5. The van der Waals surface area contributed by atoms with Gasteiger partial charge >= 0.3 is 0 Å². The summed E-state index contributed by atoms with van der Waals surface area (Å²) in [4.78, 5) is 2.15. The molecule has 1 fully saturated rings. The second kappa shape index (κ2) is 4.59. The van der Waals surface area contributed by atoms with Crippen LogP contribution in [0.2, 0.25) is 0 Å². The van der Waals surface area contributed by atoms with Gasteiger partial charge in [-0.2, -0.15) is 0 Å². The Morgan fingerprint density at radius 1 is 1.25 bits per heavy atom. The zero-order valence-corrected chi connectivity index (χ0v) is 9.02. The molecule has 88 valence electrons. The lowest BCUT2D eigenvalue weighted by molar-refractivity contribution is 0.0339. The van der Waals surface area contributed by atoms with E-state index in [-0.39, 0.29) is 17.2 Å². The number of phenols is 2. The Bertz CT molecular complexity index is 376. The topological polar surface area (TPSA) is 79.0 Å². The van der Waals surface area contributed by atoms with Crippen LogP contribution in [0.5, 0.6) is 11.5 Å². The molecule has 0 unspecified atom stereocenters. The van der Waals surface area contributed by atoms with Crippen LogP contribution in [-0.4, -0.2) is 41.4 Å². The molecule has 1 heterocycles. The summed E-state index contributed by atoms with van der Waals surface area (Å²) in [6, 6.07) is 2.89. The highest BCUT2D eigenvalue weighted by Gasteiger charge is 2.14. The smallest absolute Gasteiger partial charge is 0.143 e. The number of morpholine rings is 1. The molecule has 1 aliphatic rings. The van der Waals surface area contributed by atoms with Crippen molar-refractivity contribution in [1.29, 1.82) is 0 Å². The zero-order valence-electron chi connectivity index (χ0n) is 9.02. The standard InChI is InChI=1S/C11H16N2O3/c12-10-6-9(14)5-8(11(10)15)7-13-1-3-16-4-2-13/h5-6,14-15H,1-4,7,12H2. The first-order valence-electron chi connectivity index (χ1n) is 5.27. The monoisotopic (exact) mass is 224 g/mol. The molecular formula is C11H16N2O3. The molecule has 1 saturated heterocycles. The van der Waals surface area contributed by atoms with Gasteiger partial charge in [-0.05, 0) is 6.07 Å². The van der Waals surface area contributed by atoms with E-state index in [4.69, 9.17) is 10.5 Å². The van der Waals surface area contributed by atoms with E-state index in [1.54, 1.807) is 6.07 Å².